The molecule has 0 aliphatic heterocycles. The van der Waals surface area contributed by atoms with E-state index in [0.29, 0.717) is 0 Å². The minimum Gasteiger partial charge on any atom is -0.374 e. The van der Waals surface area contributed by atoms with Gasteiger partial charge in [-0.1, -0.05) is 0 Å². The van der Waals surface area contributed by atoms with E-state index >= 15 is 0 Å². The first-order valence-corrected chi connectivity index (χ1v) is 4.28. The van der Waals surface area contributed by atoms with E-state index in [1.807, 2.05) is 12.3 Å². The zero-order valence-electron chi connectivity index (χ0n) is 6.56. The molecule has 0 fully saturated rings. The number of hydrogen-bond donors (Lipinski definition) is 1. The van der Waals surface area contributed by atoms with E-state index in [0.717, 1.165) is 10.7 Å². The lowest BCUT2D eigenvalue weighted by molar-refractivity contribution is 0.279. The van der Waals surface area contributed by atoms with Gasteiger partial charge in [0.25, 0.3) is 0 Å². The highest BCUT2D eigenvalue weighted by Crippen LogP contribution is 2.09. The zero-order valence-corrected chi connectivity index (χ0v) is 7.38. The van der Waals surface area contributed by atoms with Gasteiger partial charge in [-0.25, -0.2) is 4.98 Å². The third-order valence-corrected chi connectivity index (χ3v) is 2.01. The van der Waals surface area contributed by atoms with Gasteiger partial charge in [-0.05, 0) is 19.1 Å². The molecule has 0 aliphatic carbocycles. The number of thiazole rings is 1. The van der Waals surface area contributed by atoms with Crippen molar-refractivity contribution >= 4 is 17.4 Å². The highest BCUT2D eigenvalue weighted by Gasteiger charge is 1.95. The maximum Gasteiger partial charge on any atom is 0.159 e. The summed E-state index contributed by atoms with van der Waals surface area (Å²) in [5.74, 6) is 0. The van der Waals surface area contributed by atoms with Crippen molar-refractivity contribution < 1.29 is 5.11 Å². The molecule has 0 saturated carbocycles. The Bertz CT molecular complexity index is 324. The summed E-state index contributed by atoms with van der Waals surface area (Å²) in [4.78, 5) is 4.13. The fourth-order valence-corrected chi connectivity index (χ4v) is 1.27. The molecule has 0 radical (unpaired) electrons. The quantitative estimate of drug-likeness (QED) is 0.699. The number of nitriles is 1. The zero-order chi connectivity index (χ0) is 8.97. The van der Waals surface area contributed by atoms with Crippen LogP contribution in [0.4, 0.5) is 0 Å². The molecule has 0 saturated heterocycles. The van der Waals surface area contributed by atoms with Crippen LogP contribution in [0.3, 0.4) is 0 Å². The Labute approximate surface area is 74.6 Å². The molecule has 1 aromatic rings. The minimum atomic E-state index is -1.04. The normalized spacial score (nSPS) is 13.1. The molecule has 3 nitrogen and oxygen atoms in total. The molecule has 1 N–H and O–H groups in total. The van der Waals surface area contributed by atoms with E-state index < -0.39 is 6.10 Å². The van der Waals surface area contributed by atoms with E-state index in [9.17, 15) is 0 Å². The van der Waals surface area contributed by atoms with Gasteiger partial charge in [-0.3, -0.25) is 0 Å². The number of aryl methyl sites for hydroxylation is 1. The van der Waals surface area contributed by atoms with Gasteiger partial charge in [-0.15, -0.1) is 11.3 Å². The lowest BCUT2D eigenvalue weighted by Crippen LogP contribution is -1.95. The molecule has 62 valence electrons. The van der Waals surface area contributed by atoms with E-state index in [4.69, 9.17) is 10.4 Å². The Morgan fingerprint density at radius 1 is 1.83 bits per heavy atom. The second-order valence-electron chi connectivity index (χ2n) is 2.22. The summed E-state index contributed by atoms with van der Waals surface area (Å²) in [5, 5.41) is 19.9. The van der Waals surface area contributed by atoms with Crippen LogP contribution >= 0.6 is 11.3 Å². The van der Waals surface area contributed by atoms with Crippen LogP contribution in [0, 0.1) is 18.3 Å². The fourth-order valence-electron chi connectivity index (χ4n) is 0.689. The van der Waals surface area contributed by atoms with E-state index in [1.165, 1.54) is 17.4 Å². The van der Waals surface area contributed by atoms with Crippen molar-refractivity contribution in [2.75, 3.05) is 0 Å². The molecule has 12 heavy (non-hydrogen) atoms. The number of aliphatic hydroxyl groups excluding tert-OH is 1. The van der Waals surface area contributed by atoms with E-state index in [-0.39, 0.29) is 0 Å². The van der Waals surface area contributed by atoms with Crippen LogP contribution in [-0.2, 0) is 0 Å². The number of hydrogen-bond acceptors (Lipinski definition) is 4. The summed E-state index contributed by atoms with van der Waals surface area (Å²) in [5.41, 5.74) is 0.784. The van der Waals surface area contributed by atoms with Crippen molar-refractivity contribution in [2.24, 2.45) is 0 Å². The predicted molar refractivity (Wildman–Crippen MR) is 47.5 cm³/mol. The first-order valence-electron chi connectivity index (χ1n) is 3.40. The van der Waals surface area contributed by atoms with Crippen LogP contribution in [-0.4, -0.2) is 16.2 Å². The Kier molecular flexibility index (Phi) is 2.97. The van der Waals surface area contributed by atoms with Crippen molar-refractivity contribution in [1.82, 2.24) is 4.98 Å². The molecule has 0 spiro atoms. The van der Waals surface area contributed by atoms with Crippen molar-refractivity contribution in [3.05, 3.63) is 22.2 Å². The largest absolute Gasteiger partial charge is 0.374 e. The third-order valence-electron chi connectivity index (χ3n) is 1.22. The van der Waals surface area contributed by atoms with Gasteiger partial charge in [-0.2, -0.15) is 5.26 Å². The van der Waals surface area contributed by atoms with Gasteiger partial charge in [0, 0.05) is 5.38 Å². The maximum absolute atomic E-state index is 8.85. The highest BCUT2D eigenvalue weighted by molar-refractivity contribution is 7.09. The average Bonchev–Trinajstić information content (AvgIpc) is 2.47. The summed E-state index contributed by atoms with van der Waals surface area (Å²) < 4.78 is 0. The summed E-state index contributed by atoms with van der Waals surface area (Å²) >= 11 is 1.54. The second-order valence-corrected chi connectivity index (χ2v) is 3.29. The molecule has 0 aromatic carbocycles. The van der Waals surface area contributed by atoms with Crippen LogP contribution in [0.1, 0.15) is 10.7 Å². The molecule has 1 rings (SSSR count). The lowest BCUT2D eigenvalue weighted by atomic mass is 10.3. The predicted octanol–water partition coefficient (Wildman–Crippen LogP) is 1.35. The highest BCUT2D eigenvalue weighted by atomic mass is 32.1. The average molecular weight is 180 g/mol. The smallest absolute Gasteiger partial charge is 0.159 e. The topological polar surface area (TPSA) is 56.9 Å². The number of rotatable bonds is 2. The molecular weight excluding hydrogens is 172 g/mol. The third kappa shape index (κ3) is 2.46. The Hall–Kier alpha value is -1.18. The van der Waals surface area contributed by atoms with Gasteiger partial charge in [0.1, 0.15) is 0 Å². The van der Waals surface area contributed by atoms with Gasteiger partial charge in [0.15, 0.2) is 6.10 Å². The number of aliphatic hydroxyl groups is 1. The monoisotopic (exact) mass is 180 g/mol. The maximum atomic E-state index is 8.85. The number of aromatic nitrogens is 1. The molecule has 1 aromatic heterocycles. The van der Waals surface area contributed by atoms with Gasteiger partial charge in [0.2, 0.25) is 0 Å². The van der Waals surface area contributed by atoms with Gasteiger partial charge >= 0.3 is 0 Å². The Morgan fingerprint density at radius 3 is 3.08 bits per heavy atom. The molecular formula is C8H8N2OS. The standard InChI is InChI=1S/C8H8N2OS/c1-6-10-7(5-12-6)2-3-8(11)4-9/h2-3,5,8,11H,1H3/b3-2+. The van der Waals surface area contributed by atoms with Crippen molar-refractivity contribution in [3.63, 3.8) is 0 Å². The van der Waals surface area contributed by atoms with Gasteiger partial charge < -0.3 is 5.11 Å². The number of nitrogens with zero attached hydrogens (tertiary/aromatic N) is 2. The van der Waals surface area contributed by atoms with Crippen molar-refractivity contribution in [3.8, 4) is 6.07 Å². The van der Waals surface area contributed by atoms with Crippen molar-refractivity contribution in [1.29, 1.82) is 5.26 Å². The van der Waals surface area contributed by atoms with Crippen LogP contribution in [0.2, 0.25) is 0 Å². The molecule has 0 aliphatic rings. The van der Waals surface area contributed by atoms with Crippen LogP contribution in [0.15, 0.2) is 11.5 Å². The van der Waals surface area contributed by atoms with Crippen molar-refractivity contribution in [2.45, 2.75) is 13.0 Å². The van der Waals surface area contributed by atoms with Gasteiger partial charge in [0.05, 0.1) is 16.8 Å². The van der Waals surface area contributed by atoms with Crippen LogP contribution in [0.5, 0.6) is 0 Å². The second kappa shape index (κ2) is 4.00. The lowest BCUT2D eigenvalue weighted by Gasteiger charge is -1.87. The summed E-state index contributed by atoms with van der Waals surface area (Å²) in [6, 6.07) is 1.69. The fraction of sp³-hybridized carbons (Fsp3) is 0.250. The summed E-state index contributed by atoms with van der Waals surface area (Å²) in [6.07, 6.45) is 2.01. The van der Waals surface area contributed by atoms with Crippen LogP contribution in [0.25, 0.3) is 6.08 Å². The first kappa shape index (κ1) is 8.91. The SMILES string of the molecule is Cc1nc(/C=C/C(O)C#N)cs1. The minimum absolute atomic E-state index is 0.784. The molecule has 0 bridgehead atoms. The van der Waals surface area contributed by atoms with Crippen LogP contribution < -0.4 is 0 Å². The van der Waals surface area contributed by atoms with E-state index in [1.54, 1.807) is 12.1 Å². The molecule has 0 amide bonds. The molecule has 4 heteroatoms. The Balaban J connectivity index is 2.64. The Morgan fingerprint density at radius 2 is 2.58 bits per heavy atom. The summed E-state index contributed by atoms with van der Waals surface area (Å²) in [7, 11) is 0. The molecule has 1 unspecified atom stereocenters. The summed E-state index contributed by atoms with van der Waals surface area (Å²) in [6.45, 7) is 1.91. The van der Waals surface area contributed by atoms with E-state index in [2.05, 4.69) is 4.98 Å². The molecule has 1 heterocycles. The first-order chi connectivity index (χ1) is 5.72. The molecule has 1 atom stereocenters.